The van der Waals surface area contributed by atoms with E-state index in [-0.39, 0.29) is 55.9 Å². The Morgan fingerprint density at radius 1 is 0.239 bits per heavy atom. The van der Waals surface area contributed by atoms with Crippen LogP contribution in [0.3, 0.4) is 0 Å². The predicted molar refractivity (Wildman–Crippen MR) is 279 cm³/mol. The van der Waals surface area contributed by atoms with E-state index in [1.165, 1.54) is 79.9 Å². The van der Waals surface area contributed by atoms with Crippen LogP contribution in [-0.2, 0) is 19.5 Å². The molecule has 0 saturated heterocycles. The average molecular weight is 1090 g/mol. The van der Waals surface area contributed by atoms with Crippen LogP contribution in [0, 0.1) is 0 Å². The monoisotopic (exact) mass is 1090 g/mol. The maximum Gasteiger partial charge on any atom is 2.00 e. The molecule has 13 heteroatoms. The van der Waals surface area contributed by atoms with Gasteiger partial charge in [-0.3, -0.25) is 0 Å². The number of rotatable bonds is 16. The Hall–Kier alpha value is -3.96. The Morgan fingerprint density at radius 2 is 0.343 bits per heavy atom. The minimum absolute atomic E-state index is 0. The number of hydrogen-bond acceptors (Lipinski definition) is 0. The fourth-order valence-electron chi connectivity index (χ4n) is 7.27. The van der Waals surface area contributed by atoms with E-state index < -0.39 is 7.81 Å². The molecule has 0 aromatic heterocycles. The van der Waals surface area contributed by atoms with Gasteiger partial charge in [-0.05, 0) is 112 Å². The zero-order valence-electron chi connectivity index (χ0n) is 36.6. The largest absolute Gasteiger partial charge is 2.00 e. The van der Waals surface area contributed by atoms with Crippen LogP contribution in [0.25, 0.3) is 0 Å². The molecular formula is C54H52F7P5Ru. The fourth-order valence-corrected chi connectivity index (χ4v) is 17.2. The van der Waals surface area contributed by atoms with E-state index in [2.05, 4.69) is 243 Å². The van der Waals surface area contributed by atoms with Gasteiger partial charge in [0, 0.05) is 0 Å². The molecule has 67 heavy (non-hydrogen) atoms. The Kier molecular flexibility index (Phi) is 22.2. The Bertz CT molecular complexity index is 2040. The van der Waals surface area contributed by atoms with Gasteiger partial charge < -0.3 is 4.70 Å². The van der Waals surface area contributed by atoms with E-state index in [9.17, 15) is 25.2 Å². The summed E-state index contributed by atoms with van der Waals surface area (Å²) in [5.41, 5.74) is 0. The molecule has 0 fully saturated rings. The average Bonchev–Trinajstić information content (AvgIpc) is 3.33. The summed E-state index contributed by atoms with van der Waals surface area (Å²) >= 11 is 0. The minimum Gasteiger partial charge on any atom is -1.00 e. The third-order valence-corrected chi connectivity index (χ3v) is 20.5. The van der Waals surface area contributed by atoms with Gasteiger partial charge in [0.15, 0.2) is 0 Å². The van der Waals surface area contributed by atoms with Crippen molar-refractivity contribution in [1.29, 1.82) is 0 Å². The molecule has 350 valence electrons. The van der Waals surface area contributed by atoms with E-state index in [0.717, 1.165) is 0 Å². The molecule has 0 heterocycles. The van der Waals surface area contributed by atoms with Crippen molar-refractivity contribution in [3.05, 3.63) is 243 Å². The first-order valence-electron chi connectivity index (χ1n) is 21.4. The minimum atomic E-state index is -10.7. The van der Waals surface area contributed by atoms with Crippen LogP contribution < -0.4 is 47.1 Å². The molecule has 0 aliphatic rings. The van der Waals surface area contributed by atoms with Crippen LogP contribution in [0.4, 0.5) is 25.2 Å². The SMILES string of the molecule is F[P-](F)(F)(F)(F)F.[F-].[Ru+2].c1ccc(P(CCCP(c2ccccc2)c2ccccc2)c2ccccc2)cc1.c1ccc(P(CCCP(c2ccccc2)c2ccccc2)c2ccccc2)cc1. The van der Waals surface area contributed by atoms with E-state index >= 15 is 0 Å². The second kappa shape index (κ2) is 26.7. The molecular weight excluding hydrogens is 1040 g/mol. The summed E-state index contributed by atoms with van der Waals surface area (Å²) in [4.78, 5) is 0. The predicted octanol–water partition coefficient (Wildman–Crippen LogP) is 11.7. The summed E-state index contributed by atoms with van der Waals surface area (Å²) in [5, 5.41) is 11.9. The molecule has 0 bridgehead atoms. The van der Waals surface area contributed by atoms with Crippen molar-refractivity contribution < 1.29 is 49.4 Å². The Balaban J connectivity index is 0.000000250. The number of halogens is 7. The van der Waals surface area contributed by atoms with E-state index in [0.29, 0.717) is 0 Å². The van der Waals surface area contributed by atoms with Crippen molar-refractivity contribution in [3.8, 4) is 0 Å². The molecule has 8 aromatic rings. The topological polar surface area (TPSA) is 0 Å². The maximum atomic E-state index is 9.87. The normalized spacial score (nSPS) is 12.0. The van der Waals surface area contributed by atoms with Crippen LogP contribution in [0.5, 0.6) is 0 Å². The third kappa shape index (κ3) is 20.7. The van der Waals surface area contributed by atoms with Crippen molar-refractivity contribution in [2.45, 2.75) is 12.8 Å². The molecule has 0 nitrogen and oxygen atoms in total. The molecule has 0 aliphatic heterocycles. The summed E-state index contributed by atoms with van der Waals surface area (Å²) in [6.07, 6.45) is 7.43. The molecule has 0 spiro atoms. The van der Waals surface area contributed by atoms with Crippen molar-refractivity contribution >= 4 is 81.9 Å². The molecule has 0 N–H and O–H groups in total. The van der Waals surface area contributed by atoms with Crippen LogP contribution >= 0.6 is 39.5 Å². The zero-order chi connectivity index (χ0) is 45.9. The van der Waals surface area contributed by atoms with E-state index in [1.54, 1.807) is 0 Å². The standard InChI is InChI=1S/2C27H26P2.F6P.FH.Ru/c2*1-5-14-24(15-6-1)28(25-16-7-2-8-17-25)22-13-23-29(26-18-9-3-10-19-26)27-20-11-4-12-21-27;1-7(2,3,4,5)6;;/h2*1-12,14-21H,13,22-23H2;;1H;/q;;-1;;+2/p-1. The second-order valence-corrected chi connectivity index (χ2v) is 26.2. The molecule has 0 amide bonds. The first-order valence-corrected chi connectivity index (χ1v) is 29.5. The van der Waals surface area contributed by atoms with Crippen LogP contribution in [0.2, 0.25) is 0 Å². The van der Waals surface area contributed by atoms with Crippen molar-refractivity contribution in [3.63, 3.8) is 0 Å². The Morgan fingerprint density at radius 3 is 0.448 bits per heavy atom. The van der Waals surface area contributed by atoms with Gasteiger partial charge >= 0.3 is 52.5 Å². The van der Waals surface area contributed by atoms with Gasteiger partial charge in [0.1, 0.15) is 0 Å². The first kappa shape index (κ1) is 55.6. The summed E-state index contributed by atoms with van der Waals surface area (Å²) in [6.45, 7) is 0. The quantitative estimate of drug-likeness (QED) is 0.0514. The zero-order valence-corrected chi connectivity index (χ0v) is 42.8. The van der Waals surface area contributed by atoms with Crippen molar-refractivity contribution in [1.82, 2.24) is 0 Å². The molecule has 0 saturated carbocycles. The van der Waals surface area contributed by atoms with Crippen molar-refractivity contribution in [2.24, 2.45) is 0 Å². The van der Waals surface area contributed by atoms with Crippen molar-refractivity contribution in [2.75, 3.05) is 24.6 Å². The third-order valence-electron chi connectivity index (χ3n) is 10.1. The first-order chi connectivity index (χ1) is 31.3. The van der Waals surface area contributed by atoms with Gasteiger partial charge in [-0.1, -0.05) is 243 Å². The summed E-state index contributed by atoms with van der Waals surface area (Å²) < 4.78 is 59.2. The Labute approximate surface area is 409 Å². The second-order valence-electron chi connectivity index (χ2n) is 15.0. The number of hydrogen-bond donors (Lipinski definition) is 0. The molecule has 0 radical (unpaired) electrons. The van der Waals surface area contributed by atoms with Gasteiger partial charge in [0.25, 0.3) is 0 Å². The maximum absolute atomic E-state index is 10.7. The van der Waals surface area contributed by atoms with Crippen LogP contribution in [0.1, 0.15) is 12.8 Å². The van der Waals surface area contributed by atoms with Gasteiger partial charge in [-0.2, -0.15) is 0 Å². The summed E-state index contributed by atoms with van der Waals surface area (Å²) in [7, 11) is -11.9. The fraction of sp³-hybridized carbons (Fsp3) is 0.111. The summed E-state index contributed by atoms with van der Waals surface area (Å²) in [5.74, 6) is 0. The molecule has 0 unspecified atom stereocenters. The van der Waals surface area contributed by atoms with E-state index in [4.69, 9.17) is 0 Å². The van der Waals surface area contributed by atoms with Gasteiger partial charge in [0.05, 0.1) is 0 Å². The smallest absolute Gasteiger partial charge is 1.00 e. The molecule has 8 rings (SSSR count). The molecule has 0 atom stereocenters. The molecule has 0 aliphatic carbocycles. The van der Waals surface area contributed by atoms with Gasteiger partial charge in [0.2, 0.25) is 0 Å². The van der Waals surface area contributed by atoms with Crippen LogP contribution in [-0.4, -0.2) is 24.6 Å². The number of benzene rings is 8. The van der Waals surface area contributed by atoms with Gasteiger partial charge in [-0.25, -0.2) is 0 Å². The molecule has 8 aromatic carbocycles. The van der Waals surface area contributed by atoms with E-state index in [1.807, 2.05) is 0 Å². The van der Waals surface area contributed by atoms with Crippen LogP contribution in [0.15, 0.2) is 243 Å². The van der Waals surface area contributed by atoms with Gasteiger partial charge in [-0.15, -0.1) is 0 Å². The summed E-state index contributed by atoms with van der Waals surface area (Å²) in [6, 6.07) is 88.6.